The molecular weight excluding hydrogens is 182 g/mol. The third-order valence-electron chi connectivity index (χ3n) is 3.01. The van der Waals surface area contributed by atoms with Gasteiger partial charge in [-0.15, -0.1) is 0 Å². The van der Waals surface area contributed by atoms with Gasteiger partial charge in [-0.2, -0.15) is 0 Å². The van der Waals surface area contributed by atoms with E-state index in [0.29, 0.717) is 12.0 Å². The Morgan fingerprint density at radius 1 is 1.07 bits per heavy atom. The predicted octanol–water partition coefficient (Wildman–Crippen LogP) is 4.49. The number of hydrogen-bond donors (Lipinski definition) is 1. The Kier molecular flexibility index (Phi) is 8.55. The van der Waals surface area contributed by atoms with Crippen LogP contribution in [-0.4, -0.2) is 6.04 Å². The lowest BCUT2D eigenvalue weighted by Crippen LogP contribution is -2.27. The maximum Gasteiger partial charge on any atom is 0.0229 e. The highest BCUT2D eigenvalue weighted by molar-refractivity contribution is 4.97. The molecule has 0 aromatic heterocycles. The SMILES string of the molecule is C=C(NC(C)CCCC)C(C)CCCC. The average Bonchev–Trinajstić information content (AvgIpc) is 2.22. The van der Waals surface area contributed by atoms with Crippen LogP contribution in [0, 0.1) is 5.92 Å². The fraction of sp³-hybridized carbons (Fsp3) is 0.857. The fourth-order valence-corrected chi connectivity index (χ4v) is 1.73. The second kappa shape index (κ2) is 8.82. The molecule has 2 atom stereocenters. The largest absolute Gasteiger partial charge is 0.386 e. The van der Waals surface area contributed by atoms with Crippen molar-refractivity contribution in [2.45, 2.75) is 72.3 Å². The molecule has 0 saturated carbocycles. The lowest BCUT2D eigenvalue weighted by molar-refractivity contribution is 0.476. The third-order valence-corrected chi connectivity index (χ3v) is 3.01. The minimum atomic E-state index is 0.585. The van der Waals surface area contributed by atoms with Crippen LogP contribution in [0.3, 0.4) is 0 Å². The van der Waals surface area contributed by atoms with Gasteiger partial charge < -0.3 is 5.32 Å². The molecule has 1 heteroatoms. The quantitative estimate of drug-likeness (QED) is 0.592. The molecule has 0 saturated heterocycles. The van der Waals surface area contributed by atoms with Gasteiger partial charge in [-0.05, 0) is 25.7 Å². The van der Waals surface area contributed by atoms with E-state index in [1.54, 1.807) is 0 Å². The number of hydrogen-bond acceptors (Lipinski definition) is 1. The van der Waals surface area contributed by atoms with Crippen molar-refractivity contribution < 1.29 is 0 Å². The summed E-state index contributed by atoms with van der Waals surface area (Å²) in [4.78, 5) is 0. The van der Waals surface area contributed by atoms with E-state index in [1.165, 1.54) is 44.2 Å². The average molecular weight is 211 g/mol. The summed E-state index contributed by atoms with van der Waals surface area (Å²) in [5.41, 5.74) is 1.23. The molecule has 0 aromatic rings. The fourth-order valence-electron chi connectivity index (χ4n) is 1.73. The Balaban J connectivity index is 3.70. The second-order valence-corrected chi connectivity index (χ2v) is 4.76. The molecule has 0 heterocycles. The topological polar surface area (TPSA) is 12.0 Å². The first-order valence-corrected chi connectivity index (χ1v) is 6.57. The Morgan fingerprint density at radius 2 is 1.60 bits per heavy atom. The minimum absolute atomic E-state index is 0.585. The Hall–Kier alpha value is -0.460. The van der Waals surface area contributed by atoms with Crippen molar-refractivity contribution in [3.05, 3.63) is 12.3 Å². The molecule has 0 aliphatic heterocycles. The summed E-state index contributed by atoms with van der Waals surface area (Å²) in [6, 6.07) is 0.585. The van der Waals surface area contributed by atoms with E-state index in [1.807, 2.05) is 0 Å². The Bertz CT molecular complexity index is 163. The zero-order valence-electron chi connectivity index (χ0n) is 11.1. The van der Waals surface area contributed by atoms with Gasteiger partial charge >= 0.3 is 0 Å². The summed E-state index contributed by atoms with van der Waals surface area (Å²) < 4.78 is 0. The molecule has 0 aliphatic carbocycles. The molecule has 0 bridgehead atoms. The lowest BCUT2D eigenvalue weighted by atomic mass is 10.0. The van der Waals surface area contributed by atoms with E-state index in [4.69, 9.17) is 0 Å². The van der Waals surface area contributed by atoms with Crippen LogP contribution in [0.1, 0.15) is 66.2 Å². The molecule has 0 fully saturated rings. The van der Waals surface area contributed by atoms with Crippen molar-refractivity contribution in [1.82, 2.24) is 5.32 Å². The van der Waals surface area contributed by atoms with Crippen molar-refractivity contribution in [3.8, 4) is 0 Å². The van der Waals surface area contributed by atoms with Gasteiger partial charge in [0.15, 0.2) is 0 Å². The summed E-state index contributed by atoms with van der Waals surface area (Å²) in [7, 11) is 0. The van der Waals surface area contributed by atoms with E-state index in [9.17, 15) is 0 Å². The molecule has 0 aliphatic rings. The van der Waals surface area contributed by atoms with Crippen LogP contribution in [0.25, 0.3) is 0 Å². The normalized spacial score (nSPS) is 14.7. The smallest absolute Gasteiger partial charge is 0.0229 e. The Labute approximate surface area is 96.3 Å². The van der Waals surface area contributed by atoms with Crippen molar-refractivity contribution in [1.29, 1.82) is 0 Å². The molecule has 1 nitrogen and oxygen atoms in total. The highest BCUT2D eigenvalue weighted by Gasteiger charge is 2.08. The van der Waals surface area contributed by atoms with Gasteiger partial charge in [0.1, 0.15) is 0 Å². The number of nitrogens with one attached hydrogen (secondary N) is 1. The van der Waals surface area contributed by atoms with Crippen molar-refractivity contribution in [2.24, 2.45) is 5.92 Å². The van der Waals surface area contributed by atoms with E-state index in [2.05, 4.69) is 39.6 Å². The molecule has 0 amide bonds. The van der Waals surface area contributed by atoms with Crippen LogP contribution in [0.15, 0.2) is 12.3 Å². The Morgan fingerprint density at radius 3 is 2.13 bits per heavy atom. The first-order valence-electron chi connectivity index (χ1n) is 6.57. The summed E-state index contributed by atoms with van der Waals surface area (Å²) in [6.45, 7) is 13.2. The van der Waals surface area contributed by atoms with Crippen LogP contribution in [-0.2, 0) is 0 Å². The van der Waals surface area contributed by atoms with Crippen LogP contribution in [0.4, 0.5) is 0 Å². The number of allylic oxidation sites excluding steroid dienone is 1. The molecule has 0 spiro atoms. The summed E-state index contributed by atoms with van der Waals surface area (Å²) in [6.07, 6.45) is 7.71. The van der Waals surface area contributed by atoms with E-state index in [0.717, 1.165) is 0 Å². The molecule has 0 rings (SSSR count). The van der Waals surface area contributed by atoms with E-state index >= 15 is 0 Å². The molecule has 2 unspecified atom stereocenters. The molecule has 15 heavy (non-hydrogen) atoms. The van der Waals surface area contributed by atoms with Gasteiger partial charge in [0.25, 0.3) is 0 Å². The standard InChI is InChI=1S/C14H29N/c1-6-8-10-12(3)14(5)15-13(4)11-9-7-2/h12-13,15H,5-11H2,1-4H3. The third kappa shape index (κ3) is 7.47. The summed E-state index contributed by atoms with van der Waals surface area (Å²) in [5.74, 6) is 0.619. The van der Waals surface area contributed by atoms with Gasteiger partial charge in [-0.1, -0.05) is 53.0 Å². The van der Waals surface area contributed by atoms with Crippen LogP contribution in [0.2, 0.25) is 0 Å². The van der Waals surface area contributed by atoms with Gasteiger partial charge in [0, 0.05) is 11.7 Å². The molecular formula is C14H29N. The van der Waals surface area contributed by atoms with Crippen molar-refractivity contribution >= 4 is 0 Å². The molecule has 1 N–H and O–H groups in total. The van der Waals surface area contributed by atoms with Gasteiger partial charge in [-0.3, -0.25) is 0 Å². The van der Waals surface area contributed by atoms with Crippen molar-refractivity contribution in [2.75, 3.05) is 0 Å². The number of rotatable bonds is 9. The maximum absolute atomic E-state index is 4.14. The zero-order valence-corrected chi connectivity index (χ0v) is 11.1. The summed E-state index contributed by atoms with van der Waals surface area (Å²) >= 11 is 0. The first kappa shape index (κ1) is 14.5. The lowest BCUT2D eigenvalue weighted by Gasteiger charge is -2.21. The van der Waals surface area contributed by atoms with Gasteiger partial charge in [0.05, 0.1) is 0 Å². The monoisotopic (exact) mass is 211 g/mol. The van der Waals surface area contributed by atoms with Crippen LogP contribution in [0.5, 0.6) is 0 Å². The van der Waals surface area contributed by atoms with Crippen LogP contribution >= 0.6 is 0 Å². The predicted molar refractivity (Wildman–Crippen MR) is 70.0 cm³/mol. The minimum Gasteiger partial charge on any atom is -0.386 e. The van der Waals surface area contributed by atoms with E-state index in [-0.39, 0.29) is 0 Å². The van der Waals surface area contributed by atoms with Crippen LogP contribution < -0.4 is 5.32 Å². The highest BCUT2D eigenvalue weighted by atomic mass is 14.9. The maximum atomic E-state index is 4.14. The summed E-state index contributed by atoms with van der Waals surface area (Å²) in [5, 5.41) is 3.53. The highest BCUT2D eigenvalue weighted by Crippen LogP contribution is 2.15. The molecule has 0 radical (unpaired) electrons. The van der Waals surface area contributed by atoms with E-state index < -0.39 is 0 Å². The second-order valence-electron chi connectivity index (χ2n) is 4.76. The molecule has 0 aromatic carbocycles. The zero-order chi connectivity index (χ0) is 11.7. The van der Waals surface area contributed by atoms with Crippen molar-refractivity contribution in [3.63, 3.8) is 0 Å². The van der Waals surface area contributed by atoms with Gasteiger partial charge in [0.2, 0.25) is 0 Å². The molecule has 90 valence electrons. The first-order chi connectivity index (χ1) is 7.11. The number of unbranched alkanes of at least 4 members (excludes halogenated alkanes) is 2. The van der Waals surface area contributed by atoms with Gasteiger partial charge in [-0.25, -0.2) is 0 Å².